The number of nitrogens with one attached hydrogen (secondary N) is 1. The van der Waals surface area contributed by atoms with Gasteiger partial charge >= 0.3 is 12.1 Å². The third-order valence-electron chi connectivity index (χ3n) is 6.95. The SMILES string of the molecule is CC1CN(C(=O)[C@@H](C)NC(=O)OCC2c3ccccc3-c3ccccc32)CC1(C)C(=O)O. The first kappa shape index (κ1) is 21.9. The van der Waals surface area contributed by atoms with Crippen LogP contribution in [0.4, 0.5) is 4.79 Å². The molecule has 1 aliphatic carbocycles. The van der Waals surface area contributed by atoms with Crippen LogP contribution in [0.3, 0.4) is 0 Å². The van der Waals surface area contributed by atoms with E-state index in [1.54, 1.807) is 13.8 Å². The predicted molar refractivity (Wildman–Crippen MR) is 119 cm³/mol. The number of hydrogen-bond acceptors (Lipinski definition) is 4. The standard InChI is InChI=1S/C25H28N2O5/c1-15-12-27(14-25(15,3)23(29)30)22(28)16(2)26-24(31)32-13-21-19-10-6-4-8-17(19)18-9-5-7-11-20(18)21/h4-11,15-16,21H,12-14H2,1-3H3,(H,26,31)(H,29,30)/t15?,16-,25?/m1/s1. The van der Waals surface area contributed by atoms with Crippen molar-refractivity contribution in [2.75, 3.05) is 19.7 Å². The topological polar surface area (TPSA) is 95.9 Å². The van der Waals surface area contributed by atoms with E-state index in [0.29, 0.717) is 6.54 Å². The zero-order valence-corrected chi connectivity index (χ0v) is 18.5. The number of carboxylic acid groups (broad SMARTS) is 1. The van der Waals surface area contributed by atoms with Crippen molar-refractivity contribution >= 4 is 18.0 Å². The van der Waals surface area contributed by atoms with Gasteiger partial charge in [-0.05, 0) is 42.0 Å². The number of rotatable bonds is 5. The average molecular weight is 437 g/mol. The minimum atomic E-state index is -0.987. The Balaban J connectivity index is 1.37. The summed E-state index contributed by atoms with van der Waals surface area (Å²) in [6, 6.07) is 15.3. The van der Waals surface area contributed by atoms with Crippen LogP contribution in [-0.4, -0.2) is 53.7 Å². The molecule has 2 unspecified atom stereocenters. The van der Waals surface area contributed by atoms with Crippen molar-refractivity contribution in [1.29, 1.82) is 0 Å². The molecule has 7 heteroatoms. The maximum Gasteiger partial charge on any atom is 0.407 e. The van der Waals surface area contributed by atoms with Crippen molar-refractivity contribution in [3.05, 3.63) is 59.7 Å². The Morgan fingerprint density at radius 3 is 2.22 bits per heavy atom. The Labute approximate surface area is 187 Å². The van der Waals surface area contributed by atoms with Crippen LogP contribution in [0.1, 0.15) is 37.8 Å². The van der Waals surface area contributed by atoms with Crippen LogP contribution in [0.5, 0.6) is 0 Å². The lowest BCUT2D eigenvalue weighted by Gasteiger charge is -2.24. The number of hydrogen-bond donors (Lipinski definition) is 2. The number of nitrogens with zero attached hydrogens (tertiary/aromatic N) is 1. The van der Waals surface area contributed by atoms with Gasteiger partial charge in [0.25, 0.3) is 0 Å². The summed E-state index contributed by atoms with van der Waals surface area (Å²) in [7, 11) is 0. The van der Waals surface area contributed by atoms with Crippen LogP contribution in [-0.2, 0) is 14.3 Å². The molecule has 1 heterocycles. The lowest BCUT2D eigenvalue weighted by molar-refractivity contribution is -0.149. The molecular weight excluding hydrogens is 408 g/mol. The third kappa shape index (κ3) is 3.72. The first-order chi connectivity index (χ1) is 15.2. The number of alkyl carbamates (subject to hydrolysis) is 1. The van der Waals surface area contributed by atoms with Crippen molar-refractivity contribution < 1.29 is 24.2 Å². The fourth-order valence-corrected chi connectivity index (χ4v) is 4.75. The molecule has 4 rings (SSSR count). The number of carbonyl (C=O) groups is 3. The van der Waals surface area contributed by atoms with E-state index in [-0.39, 0.29) is 30.9 Å². The molecule has 168 valence electrons. The Kier molecular flexibility index (Phi) is 5.67. The van der Waals surface area contributed by atoms with E-state index < -0.39 is 23.5 Å². The Bertz CT molecular complexity index is 1020. The van der Waals surface area contributed by atoms with E-state index in [1.807, 2.05) is 43.3 Å². The molecule has 2 aromatic carbocycles. The fourth-order valence-electron chi connectivity index (χ4n) is 4.75. The predicted octanol–water partition coefficient (Wildman–Crippen LogP) is 3.48. The van der Waals surface area contributed by atoms with Gasteiger partial charge in [0.2, 0.25) is 5.91 Å². The highest BCUT2D eigenvalue weighted by atomic mass is 16.5. The maximum absolute atomic E-state index is 12.8. The molecule has 0 radical (unpaired) electrons. The molecule has 0 aromatic heterocycles. The van der Waals surface area contributed by atoms with Crippen LogP contribution in [0.15, 0.2) is 48.5 Å². The molecule has 0 spiro atoms. The van der Waals surface area contributed by atoms with Gasteiger partial charge in [-0.2, -0.15) is 0 Å². The van der Waals surface area contributed by atoms with Crippen molar-refractivity contribution in [3.63, 3.8) is 0 Å². The van der Waals surface area contributed by atoms with E-state index >= 15 is 0 Å². The van der Waals surface area contributed by atoms with Gasteiger partial charge in [-0.1, -0.05) is 55.5 Å². The van der Waals surface area contributed by atoms with Crippen molar-refractivity contribution in [2.45, 2.75) is 32.7 Å². The van der Waals surface area contributed by atoms with E-state index in [9.17, 15) is 19.5 Å². The van der Waals surface area contributed by atoms with Gasteiger partial charge in [0, 0.05) is 19.0 Å². The van der Waals surface area contributed by atoms with Gasteiger partial charge in [-0.15, -0.1) is 0 Å². The highest BCUT2D eigenvalue weighted by Gasteiger charge is 2.48. The van der Waals surface area contributed by atoms with Gasteiger partial charge in [0.1, 0.15) is 12.6 Å². The van der Waals surface area contributed by atoms with Crippen LogP contribution >= 0.6 is 0 Å². The molecule has 3 atom stereocenters. The summed E-state index contributed by atoms with van der Waals surface area (Å²) in [6.07, 6.45) is -0.666. The molecule has 2 N–H and O–H groups in total. The largest absolute Gasteiger partial charge is 0.481 e. The number of likely N-dealkylation sites (tertiary alicyclic amines) is 1. The Morgan fingerprint density at radius 1 is 1.12 bits per heavy atom. The number of amides is 2. The zero-order valence-electron chi connectivity index (χ0n) is 18.5. The first-order valence-corrected chi connectivity index (χ1v) is 10.9. The van der Waals surface area contributed by atoms with Gasteiger partial charge < -0.3 is 20.1 Å². The molecule has 7 nitrogen and oxygen atoms in total. The lowest BCUT2D eigenvalue weighted by atomic mass is 9.81. The van der Waals surface area contributed by atoms with E-state index in [1.165, 1.54) is 4.90 Å². The van der Waals surface area contributed by atoms with E-state index in [0.717, 1.165) is 22.3 Å². The first-order valence-electron chi connectivity index (χ1n) is 10.9. The summed E-state index contributed by atoms with van der Waals surface area (Å²) in [5, 5.41) is 12.1. The molecule has 32 heavy (non-hydrogen) atoms. The molecule has 0 saturated carbocycles. The van der Waals surface area contributed by atoms with Crippen molar-refractivity contribution in [1.82, 2.24) is 10.2 Å². The van der Waals surface area contributed by atoms with E-state index in [4.69, 9.17) is 4.74 Å². The molecule has 2 aromatic rings. The second-order valence-corrected chi connectivity index (χ2v) is 9.03. The van der Waals surface area contributed by atoms with Gasteiger partial charge in [0.05, 0.1) is 5.41 Å². The van der Waals surface area contributed by atoms with Crippen LogP contribution in [0.25, 0.3) is 11.1 Å². The number of ether oxygens (including phenoxy) is 1. The number of carbonyl (C=O) groups excluding carboxylic acids is 2. The fraction of sp³-hybridized carbons (Fsp3) is 0.400. The van der Waals surface area contributed by atoms with Gasteiger partial charge in [-0.3, -0.25) is 9.59 Å². The number of fused-ring (bicyclic) bond motifs is 3. The average Bonchev–Trinajstić information content (AvgIpc) is 3.27. The monoisotopic (exact) mass is 436 g/mol. The normalized spacial score (nSPS) is 22.7. The summed E-state index contributed by atoms with van der Waals surface area (Å²) < 4.78 is 5.51. The van der Waals surface area contributed by atoms with Crippen LogP contribution in [0, 0.1) is 11.3 Å². The maximum atomic E-state index is 12.8. The highest BCUT2D eigenvalue weighted by molar-refractivity contribution is 5.87. The molecule has 2 amide bonds. The minimum Gasteiger partial charge on any atom is -0.481 e. The highest BCUT2D eigenvalue weighted by Crippen LogP contribution is 2.44. The second-order valence-electron chi connectivity index (χ2n) is 9.03. The number of carboxylic acids is 1. The molecule has 1 saturated heterocycles. The quantitative estimate of drug-likeness (QED) is 0.748. The van der Waals surface area contributed by atoms with Crippen LogP contribution in [0.2, 0.25) is 0 Å². The summed E-state index contributed by atoms with van der Waals surface area (Å²) in [5.41, 5.74) is 3.53. The second kappa shape index (κ2) is 8.30. The zero-order chi connectivity index (χ0) is 23.0. The van der Waals surface area contributed by atoms with E-state index in [2.05, 4.69) is 17.4 Å². The lowest BCUT2D eigenvalue weighted by Crippen LogP contribution is -2.47. The summed E-state index contributed by atoms with van der Waals surface area (Å²) in [6.45, 7) is 5.70. The molecule has 1 fully saturated rings. The summed E-state index contributed by atoms with van der Waals surface area (Å²) in [5.74, 6) is -1.46. The Hall–Kier alpha value is -3.35. The molecule has 2 aliphatic rings. The molecular formula is C25H28N2O5. The number of benzene rings is 2. The van der Waals surface area contributed by atoms with Crippen molar-refractivity contribution in [3.8, 4) is 11.1 Å². The Morgan fingerprint density at radius 2 is 1.69 bits per heavy atom. The summed E-state index contributed by atoms with van der Waals surface area (Å²) >= 11 is 0. The molecule has 0 bridgehead atoms. The third-order valence-corrected chi connectivity index (χ3v) is 6.95. The van der Waals surface area contributed by atoms with Gasteiger partial charge in [0.15, 0.2) is 0 Å². The van der Waals surface area contributed by atoms with Crippen molar-refractivity contribution in [2.24, 2.45) is 11.3 Å². The van der Waals surface area contributed by atoms with Gasteiger partial charge in [-0.25, -0.2) is 4.79 Å². The molecule has 1 aliphatic heterocycles. The number of aliphatic carboxylic acids is 1. The minimum absolute atomic E-state index is 0.0603. The smallest absolute Gasteiger partial charge is 0.407 e. The van der Waals surface area contributed by atoms with Crippen LogP contribution < -0.4 is 5.32 Å². The summed E-state index contributed by atoms with van der Waals surface area (Å²) in [4.78, 5) is 38.4.